The Kier molecular flexibility index (Phi) is 8.79. The van der Waals surface area contributed by atoms with Gasteiger partial charge in [-0.05, 0) is 35.4 Å². The van der Waals surface area contributed by atoms with E-state index in [0.29, 0.717) is 23.1 Å². The number of hydrogen-bond acceptors (Lipinski definition) is 6. The lowest BCUT2D eigenvalue weighted by molar-refractivity contribution is 0.102. The Hall–Kier alpha value is -2.97. The van der Waals surface area contributed by atoms with Crippen molar-refractivity contribution in [3.63, 3.8) is 0 Å². The van der Waals surface area contributed by atoms with Gasteiger partial charge in [-0.1, -0.05) is 53.8 Å². The largest absolute Gasteiger partial charge is 0.494 e. The fourth-order valence-electron chi connectivity index (χ4n) is 3.40. The van der Waals surface area contributed by atoms with E-state index in [2.05, 4.69) is 27.8 Å². The van der Waals surface area contributed by atoms with Crippen LogP contribution in [0.4, 0.5) is 5.13 Å². The highest BCUT2D eigenvalue weighted by atomic mass is 35.5. The molecule has 1 heterocycles. The van der Waals surface area contributed by atoms with Crippen LogP contribution in [0.5, 0.6) is 5.75 Å². The molecule has 8 heteroatoms. The van der Waals surface area contributed by atoms with E-state index in [4.69, 9.17) is 9.47 Å². The third-order valence-corrected chi connectivity index (χ3v) is 6.06. The van der Waals surface area contributed by atoms with Crippen LogP contribution in [0.2, 0.25) is 0 Å². The van der Waals surface area contributed by atoms with E-state index in [1.54, 1.807) is 14.2 Å². The van der Waals surface area contributed by atoms with Crippen molar-refractivity contribution in [2.45, 2.75) is 6.54 Å². The zero-order chi connectivity index (χ0) is 22.3. The average molecular weight is 484 g/mol. The number of aromatic nitrogens is 1. The molecule has 33 heavy (non-hydrogen) atoms. The molecule has 0 aliphatic rings. The van der Waals surface area contributed by atoms with Crippen molar-refractivity contribution in [2.24, 2.45) is 0 Å². The van der Waals surface area contributed by atoms with Crippen molar-refractivity contribution in [1.82, 2.24) is 10.3 Å². The number of nitrogens with one attached hydrogen (secondary N) is 2. The summed E-state index contributed by atoms with van der Waals surface area (Å²) in [4.78, 5) is 17.5. The minimum Gasteiger partial charge on any atom is -0.494 e. The summed E-state index contributed by atoms with van der Waals surface area (Å²) in [6, 6.07) is 21.6. The van der Waals surface area contributed by atoms with Crippen molar-refractivity contribution in [3.05, 3.63) is 77.9 Å². The molecule has 0 radical (unpaired) electrons. The van der Waals surface area contributed by atoms with Crippen LogP contribution in [-0.4, -0.2) is 38.3 Å². The molecule has 4 rings (SSSR count). The first kappa shape index (κ1) is 24.7. The molecule has 6 nitrogen and oxygen atoms in total. The highest BCUT2D eigenvalue weighted by molar-refractivity contribution is 7.23. The van der Waals surface area contributed by atoms with Crippen LogP contribution in [0, 0.1) is 0 Å². The summed E-state index contributed by atoms with van der Waals surface area (Å²) in [7, 11) is 3.30. The fourth-order valence-corrected chi connectivity index (χ4v) is 4.41. The Bertz CT molecular complexity index is 1200. The number of carbonyl (C=O) groups is 1. The number of amides is 1. The minimum atomic E-state index is -0.192. The molecule has 0 bridgehead atoms. The number of hydrogen-bond donors (Lipinski definition) is 2. The van der Waals surface area contributed by atoms with Crippen LogP contribution in [0.3, 0.4) is 0 Å². The third kappa shape index (κ3) is 5.89. The first-order valence-corrected chi connectivity index (χ1v) is 11.1. The van der Waals surface area contributed by atoms with Crippen LogP contribution in [0.1, 0.15) is 15.9 Å². The number of rotatable bonds is 9. The highest BCUT2D eigenvalue weighted by Gasteiger charge is 2.16. The summed E-state index contributed by atoms with van der Waals surface area (Å²) in [5.74, 6) is 0.491. The highest BCUT2D eigenvalue weighted by Crippen LogP contribution is 2.39. The molecule has 1 amide bonds. The maximum atomic E-state index is 12.8. The molecule has 2 N–H and O–H groups in total. The van der Waals surface area contributed by atoms with Crippen molar-refractivity contribution in [3.8, 4) is 16.9 Å². The number of halogens is 1. The number of methoxy groups -OCH3 is 2. The number of benzene rings is 3. The third-order valence-electron chi connectivity index (χ3n) is 5.06. The molecule has 0 saturated carbocycles. The predicted molar refractivity (Wildman–Crippen MR) is 137 cm³/mol. The Balaban J connectivity index is 0.00000306. The quantitative estimate of drug-likeness (QED) is 0.312. The maximum Gasteiger partial charge on any atom is 0.257 e. The van der Waals surface area contributed by atoms with Crippen LogP contribution in [-0.2, 0) is 11.3 Å². The van der Waals surface area contributed by atoms with E-state index in [1.807, 2.05) is 54.6 Å². The maximum absolute atomic E-state index is 12.8. The van der Waals surface area contributed by atoms with Crippen LogP contribution < -0.4 is 15.4 Å². The van der Waals surface area contributed by atoms with Gasteiger partial charge >= 0.3 is 0 Å². The normalized spacial score (nSPS) is 10.6. The summed E-state index contributed by atoms with van der Waals surface area (Å²) in [5, 5.41) is 6.77. The van der Waals surface area contributed by atoms with Gasteiger partial charge in [-0.15, -0.1) is 12.4 Å². The molecular formula is C25H26ClN3O3S. The first-order chi connectivity index (χ1) is 15.7. The smallest absolute Gasteiger partial charge is 0.257 e. The van der Waals surface area contributed by atoms with Gasteiger partial charge in [0.1, 0.15) is 11.3 Å². The van der Waals surface area contributed by atoms with Gasteiger partial charge in [0.2, 0.25) is 0 Å². The van der Waals surface area contributed by atoms with Crippen LogP contribution in [0.15, 0.2) is 66.7 Å². The van der Waals surface area contributed by atoms with E-state index < -0.39 is 0 Å². The standard InChI is InChI=1S/C25H25N3O3S.ClH/c1-30-15-14-26-16-17-8-10-19(11-9-17)24(29)28-25-27-22-21(31-2)13-12-20(23(22)32-25)18-6-4-3-5-7-18;/h3-13,26H,14-16H2,1-2H3,(H,27,28,29);1H. The summed E-state index contributed by atoms with van der Waals surface area (Å²) >= 11 is 1.45. The molecule has 0 fully saturated rings. The van der Waals surface area contributed by atoms with Gasteiger partial charge < -0.3 is 14.8 Å². The number of fused-ring (bicyclic) bond motifs is 1. The van der Waals surface area contributed by atoms with E-state index in [-0.39, 0.29) is 18.3 Å². The zero-order valence-corrected chi connectivity index (χ0v) is 20.1. The Morgan fingerprint density at radius 3 is 2.45 bits per heavy atom. The van der Waals surface area contributed by atoms with Gasteiger partial charge in [0.05, 0.1) is 18.4 Å². The van der Waals surface area contributed by atoms with E-state index in [0.717, 1.165) is 40.0 Å². The summed E-state index contributed by atoms with van der Waals surface area (Å²) in [6.07, 6.45) is 0. The number of carbonyl (C=O) groups excluding carboxylic acids is 1. The molecule has 1 aromatic heterocycles. The van der Waals surface area contributed by atoms with E-state index in [9.17, 15) is 4.79 Å². The van der Waals surface area contributed by atoms with E-state index in [1.165, 1.54) is 11.3 Å². The van der Waals surface area contributed by atoms with Gasteiger partial charge in [-0.3, -0.25) is 10.1 Å². The van der Waals surface area contributed by atoms with Crippen molar-refractivity contribution in [2.75, 3.05) is 32.7 Å². The molecule has 0 spiro atoms. The monoisotopic (exact) mass is 483 g/mol. The summed E-state index contributed by atoms with van der Waals surface area (Å²) in [5.41, 5.74) is 4.59. The average Bonchev–Trinajstić information content (AvgIpc) is 3.25. The molecule has 0 atom stereocenters. The Morgan fingerprint density at radius 2 is 1.76 bits per heavy atom. The SMILES string of the molecule is COCCNCc1ccc(C(=O)Nc2nc3c(OC)ccc(-c4ccccc4)c3s2)cc1.Cl. The molecule has 172 valence electrons. The van der Waals surface area contributed by atoms with Gasteiger partial charge in [0, 0.05) is 31.3 Å². The van der Waals surface area contributed by atoms with Crippen LogP contribution in [0.25, 0.3) is 21.3 Å². The van der Waals surface area contributed by atoms with Crippen molar-refractivity contribution in [1.29, 1.82) is 0 Å². The first-order valence-electron chi connectivity index (χ1n) is 10.3. The van der Waals surface area contributed by atoms with Gasteiger partial charge in [0.25, 0.3) is 5.91 Å². The summed E-state index contributed by atoms with van der Waals surface area (Å²) in [6.45, 7) is 2.18. The predicted octanol–water partition coefficient (Wildman–Crippen LogP) is 5.38. The fraction of sp³-hybridized carbons (Fsp3) is 0.200. The number of nitrogens with zero attached hydrogens (tertiary/aromatic N) is 1. The second-order valence-electron chi connectivity index (χ2n) is 7.20. The second kappa shape index (κ2) is 11.8. The zero-order valence-electron chi connectivity index (χ0n) is 18.5. The second-order valence-corrected chi connectivity index (χ2v) is 8.20. The molecule has 0 aliphatic carbocycles. The molecule has 0 unspecified atom stereocenters. The van der Waals surface area contributed by atoms with Crippen molar-refractivity contribution < 1.29 is 14.3 Å². The molecular weight excluding hydrogens is 458 g/mol. The lowest BCUT2D eigenvalue weighted by Gasteiger charge is -2.06. The Labute approximate surface area is 203 Å². The number of ether oxygens (including phenoxy) is 2. The number of anilines is 1. The van der Waals surface area contributed by atoms with Gasteiger partial charge in [-0.25, -0.2) is 4.98 Å². The molecule has 0 aliphatic heterocycles. The van der Waals surface area contributed by atoms with Crippen molar-refractivity contribution >= 4 is 45.0 Å². The molecule has 3 aromatic carbocycles. The van der Waals surface area contributed by atoms with E-state index >= 15 is 0 Å². The molecule has 4 aromatic rings. The molecule has 0 saturated heterocycles. The van der Waals surface area contributed by atoms with Crippen LogP contribution >= 0.6 is 23.7 Å². The lowest BCUT2D eigenvalue weighted by Crippen LogP contribution is -2.18. The topological polar surface area (TPSA) is 72.5 Å². The van der Waals surface area contributed by atoms with Gasteiger partial charge in [-0.2, -0.15) is 0 Å². The summed E-state index contributed by atoms with van der Waals surface area (Å²) < 4.78 is 11.5. The van der Waals surface area contributed by atoms with Gasteiger partial charge in [0.15, 0.2) is 5.13 Å². The Morgan fingerprint density at radius 1 is 1.00 bits per heavy atom. The number of thiazole rings is 1. The minimum absolute atomic E-state index is 0. The lowest BCUT2D eigenvalue weighted by atomic mass is 10.1.